The van der Waals surface area contributed by atoms with Crippen LogP contribution in [0.2, 0.25) is 0 Å². The number of benzene rings is 1. The molecule has 0 radical (unpaired) electrons. The molecule has 2 heterocycles. The molecule has 0 saturated heterocycles. The Bertz CT molecular complexity index is 826. The molecule has 0 N–H and O–H groups in total. The lowest BCUT2D eigenvalue weighted by Crippen LogP contribution is -2.25. The third kappa shape index (κ3) is 1.89. The van der Waals surface area contributed by atoms with Crippen molar-refractivity contribution < 1.29 is 0 Å². The maximum absolute atomic E-state index is 12.4. The molecule has 1 aromatic carbocycles. The predicted molar refractivity (Wildman–Crippen MR) is 75.6 cm³/mol. The number of hydrogen-bond acceptors (Lipinski definition) is 4. The third-order valence-electron chi connectivity index (χ3n) is 3.57. The van der Waals surface area contributed by atoms with Crippen LogP contribution in [0.5, 0.6) is 0 Å². The number of fused-ring (bicyclic) bond motifs is 1. The molecular formula is C14H15N5O. The van der Waals surface area contributed by atoms with E-state index in [-0.39, 0.29) is 5.56 Å². The summed E-state index contributed by atoms with van der Waals surface area (Å²) >= 11 is 0. The van der Waals surface area contributed by atoms with E-state index < -0.39 is 0 Å². The second-order valence-corrected chi connectivity index (χ2v) is 4.93. The average molecular weight is 269 g/mol. The lowest BCUT2D eigenvalue weighted by molar-refractivity contribution is 0.592. The van der Waals surface area contributed by atoms with Crippen LogP contribution in [0.4, 0.5) is 0 Å². The van der Waals surface area contributed by atoms with Gasteiger partial charge >= 0.3 is 0 Å². The zero-order chi connectivity index (χ0) is 14.3. The number of aromatic nitrogens is 5. The van der Waals surface area contributed by atoms with Gasteiger partial charge in [0.15, 0.2) is 5.65 Å². The lowest BCUT2D eigenvalue weighted by Gasteiger charge is -2.10. The quantitative estimate of drug-likeness (QED) is 0.701. The Hall–Kier alpha value is -2.50. The van der Waals surface area contributed by atoms with Crippen LogP contribution >= 0.6 is 0 Å². The number of rotatable bonds is 2. The van der Waals surface area contributed by atoms with Crippen LogP contribution < -0.4 is 5.56 Å². The lowest BCUT2D eigenvalue weighted by atomic mass is 10.0. The topological polar surface area (TPSA) is 65.6 Å². The standard InChI is InChI=1S/C14H15N5O/c1-9-5-4-6-10(2)12(9)8-19-14(20)11-7-15-18(3)13(11)16-17-19/h4-7H,8H2,1-3H3. The highest BCUT2D eigenvalue weighted by Gasteiger charge is 2.11. The molecule has 2 aromatic heterocycles. The zero-order valence-corrected chi connectivity index (χ0v) is 11.7. The van der Waals surface area contributed by atoms with Crippen molar-refractivity contribution in [1.82, 2.24) is 24.8 Å². The summed E-state index contributed by atoms with van der Waals surface area (Å²) in [7, 11) is 1.74. The summed E-state index contributed by atoms with van der Waals surface area (Å²) in [6.45, 7) is 4.49. The molecule has 3 aromatic rings. The van der Waals surface area contributed by atoms with Crippen molar-refractivity contribution in [3.05, 3.63) is 51.4 Å². The Kier molecular flexibility index (Phi) is 2.85. The molecule has 6 nitrogen and oxygen atoms in total. The van der Waals surface area contributed by atoms with Gasteiger partial charge in [0.2, 0.25) is 0 Å². The third-order valence-corrected chi connectivity index (χ3v) is 3.57. The van der Waals surface area contributed by atoms with Crippen LogP contribution in [0.3, 0.4) is 0 Å². The Morgan fingerprint density at radius 1 is 1.20 bits per heavy atom. The Morgan fingerprint density at radius 2 is 1.90 bits per heavy atom. The second kappa shape index (κ2) is 4.56. The molecule has 0 spiro atoms. The van der Waals surface area contributed by atoms with E-state index in [1.807, 2.05) is 32.0 Å². The largest absolute Gasteiger partial charge is 0.281 e. The van der Waals surface area contributed by atoms with Gasteiger partial charge in [0.05, 0.1) is 12.7 Å². The molecule has 0 aliphatic heterocycles. The zero-order valence-electron chi connectivity index (χ0n) is 11.7. The van der Waals surface area contributed by atoms with Gasteiger partial charge in [-0.3, -0.25) is 4.79 Å². The molecule has 3 rings (SSSR count). The fourth-order valence-electron chi connectivity index (χ4n) is 2.33. The van der Waals surface area contributed by atoms with Crippen LogP contribution in [0.1, 0.15) is 16.7 Å². The van der Waals surface area contributed by atoms with Gasteiger partial charge in [-0.25, -0.2) is 9.36 Å². The minimum atomic E-state index is -0.161. The normalized spacial score (nSPS) is 11.2. The van der Waals surface area contributed by atoms with Gasteiger partial charge in [0.25, 0.3) is 5.56 Å². The fraction of sp³-hybridized carbons (Fsp3) is 0.286. The molecule has 0 bridgehead atoms. The van der Waals surface area contributed by atoms with E-state index in [4.69, 9.17) is 0 Å². The summed E-state index contributed by atoms with van der Waals surface area (Å²) in [4.78, 5) is 12.4. The van der Waals surface area contributed by atoms with Crippen molar-refractivity contribution >= 4 is 11.0 Å². The molecule has 102 valence electrons. The monoisotopic (exact) mass is 269 g/mol. The average Bonchev–Trinajstić information content (AvgIpc) is 2.79. The van der Waals surface area contributed by atoms with Crippen LogP contribution in [0, 0.1) is 13.8 Å². The Labute approximate surface area is 115 Å². The van der Waals surface area contributed by atoms with Gasteiger partial charge in [0.1, 0.15) is 5.39 Å². The molecule has 0 amide bonds. The Balaban J connectivity index is 2.12. The smallest absolute Gasteiger partial charge is 0.267 e. The first-order valence-corrected chi connectivity index (χ1v) is 6.38. The molecular weight excluding hydrogens is 254 g/mol. The van der Waals surface area contributed by atoms with E-state index in [0.717, 1.165) is 16.7 Å². The molecule has 0 unspecified atom stereocenters. The minimum Gasteiger partial charge on any atom is -0.267 e. The summed E-state index contributed by atoms with van der Waals surface area (Å²) in [5.41, 5.74) is 3.74. The maximum atomic E-state index is 12.4. The first-order valence-electron chi connectivity index (χ1n) is 6.38. The van der Waals surface area contributed by atoms with Gasteiger partial charge in [0, 0.05) is 7.05 Å². The number of nitrogens with zero attached hydrogens (tertiary/aromatic N) is 5. The fourth-order valence-corrected chi connectivity index (χ4v) is 2.33. The van der Waals surface area contributed by atoms with Crippen LogP contribution in [0.15, 0.2) is 29.2 Å². The van der Waals surface area contributed by atoms with Gasteiger partial charge in [-0.2, -0.15) is 5.10 Å². The molecule has 20 heavy (non-hydrogen) atoms. The summed E-state index contributed by atoms with van der Waals surface area (Å²) < 4.78 is 2.94. The van der Waals surface area contributed by atoms with Crippen LogP contribution in [0.25, 0.3) is 11.0 Å². The summed E-state index contributed by atoms with van der Waals surface area (Å²) in [5.74, 6) is 0. The van der Waals surface area contributed by atoms with Crippen molar-refractivity contribution in [3.8, 4) is 0 Å². The minimum absolute atomic E-state index is 0.161. The highest BCUT2D eigenvalue weighted by molar-refractivity contribution is 5.72. The summed E-state index contributed by atoms with van der Waals surface area (Å²) in [5, 5.41) is 12.6. The van der Waals surface area contributed by atoms with Gasteiger partial charge in [-0.05, 0) is 30.5 Å². The number of aryl methyl sites for hydroxylation is 3. The van der Waals surface area contributed by atoms with Crippen molar-refractivity contribution in [2.75, 3.05) is 0 Å². The van der Waals surface area contributed by atoms with E-state index in [1.54, 1.807) is 11.7 Å². The SMILES string of the molecule is Cc1cccc(C)c1Cn1nnc2c(cnn2C)c1=O. The summed E-state index contributed by atoms with van der Waals surface area (Å²) in [6.07, 6.45) is 1.54. The first kappa shape index (κ1) is 12.5. The first-order chi connectivity index (χ1) is 9.58. The molecule has 0 aliphatic rings. The van der Waals surface area contributed by atoms with E-state index in [1.165, 1.54) is 10.9 Å². The van der Waals surface area contributed by atoms with Crippen LogP contribution in [-0.2, 0) is 13.6 Å². The molecule has 0 atom stereocenters. The van der Waals surface area contributed by atoms with E-state index >= 15 is 0 Å². The van der Waals surface area contributed by atoms with Crippen molar-refractivity contribution in [2.24, 2.45) is 7.05 Å². The highest BCUT2D eigenvalue weighted by atomic mass is 16.1. The van der Waals surface area contributed by atoms with E-state index in [2.05, 4.69) is 15.4 Å². The number of hydrogen-bond donors (Lipinski definition) is 0. The van der Waals surface area contributed by atoms with Gasteiger partial charge < -0.3 is 0 Å². The molecule has 0 fully saturated rings. The van der Waals surface area contributed by atoms with Crippen molar-refractivity contribution in [2.45, 2.75) is 20.4 Å². The Morgan fingerprint density at radius 3 is 2.60 bits per heavy atom. The maximum Gasteiger partial charge on any atom is 0.281 e. The second-order valence-electron chi connectivity index (χ2n) is 4.93. The van der Waals surface area contributed by atoms with Crippen LogP contribution in [-0.4, -0.2) is 24.8 Å². The van der Waals surface area contributed by atoms with Crippen molar-refractivity contribution in [1.29, 1.82) is 0 Å². The van der Waals surface area contributed by atoms with Gasteiger partial charge in [-0.1, -0.05) is 23.4 Å². The molecule has 0 saturated carbocycles. The molecule has 6 heteroatoms. The van der Waals surface area contributed by atoms with E-state index in [9.17, 15) is 4.79 Å². The van der Waals surface area contributed by atoms with Crippen molar-refractivity contribution in [3.63, 3.8) is 0 Å². The highest BCUT2D eigenvalue weighted by Crippen LogP contribution is 2.14. The molecule has 0 aliphatic carbocycles. The van der Waals surface area contributed by atoms with Gasteiger partial charge in [-0.15, -0.1) is 5.10 Å². The predicted octanol–water partition coefficient (Wildman–Crippen LogP) is 1.19. The summed E-state index contributed by atoms with van der Waals surface area (Å²) in [6, 6.07) is 6.07. The van der Waals surface area contributed by atoms with E-state index in [0.29, 0.717) is 17.6 Å².